The second-order valence-corrected chi connectivity index (χ2v) is 6.86. The number of hydrogen-bond donors (Lipinski definition) is 1. The molecule has 25 heavy (non-hydrogen) atoms. The number of nitrogens with zero attached hydrogens (tertiary/aromatic N) is 2. The molecule has 2 aliphatic rings. The second kappa shape index (κ2) is 8.54. The van der Waals surface area contributed by atoms with Crippen LogP contribution in [0.1, 0.15) is 19.8 Å². The van der Waals surface area contributed by atoms with Crippen LogP contribution in [0.5, 0.6) is 11.5 Å². The lowest BCUT2D eigenvalue weighted by molar-refractivity contribution is -0.126. The fourth-order valence-corrected chi connectivity index (χ4v) is 3.05. The first-order valence-electron chi connectivity index (χ1n) is 9.19. The Hall–Kier alpha value is -1.79. The third kappa shape index (κ3) is 5.34. The van der Waals surface area contributed by atoms with E-state index in [9.17, 15) is 4.79 Å². The van der Waals surface area contributed by atoms with Gasteiger partial charge in [0, 0.05) is 38.8 Å². The fourth-order valence-electron chi connectivity index (χ4n) is 3.05. The predicted molar refractivity (Wildman–Crippen MR) is 97.1 cm³/mol. The Kier molecular flexibility index (Phi) is 6.15. The molecule has 1 saturated carbocycles. The highest BCUT2D eigenvalue weighted by Gasteiger charge is 2.29. The van der Waals surface area contributed by atoms with Gasteiger partial charge in [-0.25, -0.2) is 0 Å². The summed E-state index contributed by atoms with van der Waals surface area (Å²) in [5.74, 6) is 1.88. The van der Waals surface area contributed by atoms with Gasteiger partial charge in [-0.1, -0.05) is 0 Å². The minimum atomic E-state index is -0.0294. The summed E-state index contributed by atoms with van der Waals surface area (Å²) in [7, 11) is 1.66. The van der Waals surface area contributed by atoms with Gasteiger partial charge in [-0.05, 0) is 44.0 Å². The Labute approximate surface area is 150 Å². The largest absolute Gasteiger partial charge is 0.497 e. The van der Waals surface area contributed by atoms with Gasteiger partial charge in [0.1, 0.15) is 18.1 Å². The fraction of sp³-hybridized carbons (Fsp3) is 0.632. The third-order valence-corrected chi connectivity index (χ3v) is 4.99. The molecule has 1 aromatic carbocycles. The number of ether oxygens (including phenoxy) is 2. The zero-order valence-electron chi connectivity index (χ0n) is 15.2. The monoisotopic (exact) mass is 347 g/mol. The second-order valence-electron chi connectivity index (χ2n) is 6.86. The molecule has 1 aliphatic heterocycles. The van der Waals surface area contributed by atoms with Gasteiger partial charge in [-0.3, -0.25) is 14.6 Å². The molecule has 0 unspecified atom stereocenters. The van der Waals surface area contributed by atoms with Crippen LogP contribution in [0.4, 0.5) is 0 Å². The van der Waals surface area contributed by atoms with Gasteiger partial charge >= 0.3 is 0 Å². The van der Waals surface area contributed by atoms with Crippen LogP contribution in [0.15, 0.2) is 24.3 Å². The molecule has 3 rings (SSSR count). The molecular formula is C19H29N3O3. The Morgan fingerprint density at radius 3 is 2.40 bits per heavy atom. The van der Waals surface area contributed by atoms with Crippen molar-refractivity contribution in [2.45, 2.75) is 31.8 Å². The van der Waals surface area contributed by atoms with Crippen molar-refractivity contribution in [3.8, 4) is 11.5 Å². The van der Waals surface area contributed by atoms with Crippen molar-refractivity contribution >= 4 is 5.91 Å². The molecule has 6 heteroatoms. The van der Waals surface area contributed by atoms with E-state index in [0.717, 1.165) is 57.1 Å². The molecule has 1 heterocycles. The Bertz CT molecular complexity index is 552. The van der Waals surface area contributed by atoms with Crippen molar-refractivity contribution in [1.82, 2.24) is 15.1 Å². The van der Waals surface area contributed by atoms with Gasteiger partial charge in [-0.2, -0.15) is 0 Å². The van der Waals surface area contributed by atoms with Crippen LogP contribution >= 0.6 is 0 Å². The highest BCUT2D eigenvalue weighted by Crippen LogP contribution is 2.19. The van der Waals surface area contributed by atoms with E-state index in [-0.39, 0.29) is 11.9 Å². The number of piperazine rings is 1. The SMILES string of the molecule is COc1ccc(OCCN2CCN([C@@H](C)C(=O)NC3CC3)CC2)cc1. The third-order valence-electron chi connectivity index (χ3n) is 4.99. The molecule has 1 aromatic rings. The molecule has 0 aromatic heterocycles. The number of benzene rings is 1. The van der Waals surface area contributed by atoms with Crippen molar-refractivity contribution in [1.29, 1.82) is 0 Å². The van der Waals surface area contributed by atoms with Crippen LogP contribution in [0, 0.1) is 0 Å². The Morgan fingerprint density at radius 1 is 1.16 bits per heavy atom. The summed E-state index contributed by atoms with van der Waals surface area (Å²) in [6, 6.07) is 8.07. The summed E-state index contributed by atoms with van der Waals surface area (Å²) < 4.78 is 10.9. The first kappa shape index (κ1) is 18.0. The van der Waals surface area contributed by atoms with E-state index >= 15 is 0 Å². The number of nitrogens with one attached hydrogen (secondary N) is 1. The molecule has 6 nitrogen and oxygen atoms in total. The van der Waals surface area contributed by atoms with E-state index < -0.39 is 0 Å². The zero-order chi connectivity index (χ0) is 17.6. The van der Waals surface area contributed by atoms with Crippen LogP contribution in [0.25, 0.3) is 0 Å². The number of rotatable bonds is 8. The smallest absolute Gasteiger partial charge is 0.237 e. The number of methoxy groups -OCH3 is 1. The molecule has 2 fully saturated rings. The minimum absolute atomic E-state index is 0.0294. The normalized spacial score (nSPS) is 20.1. The summed E-state index contributed by atoms with van der Waals surface area (Å²) >= 11 is 0. The molecule has 0 radical (unpaired) electrons. The maximum Gasteiger partial charge on any atom is 0.237 e. The average molecular weight is 347 g/mol. The number of hydrogen-bond acceptors (Lipinski definition) is 5. The zero-order valence-corrected chi connectivity index (χ0v) is 15.2. The minimum Gasteiger partial charge on any atom is -0.497 e. The van der Waals surface area contributed by atoms with Gasteiger partial charge in [0.05, 0.1) is 13.2 Å². The van der Waals surface area contributed by atoms with Gasteiger partial charge in [0.15, 0.2) is 0 Å². The van der Waals surface area contributed by atoms with Crippen LogP contribution in [0.3, 0.4) is 0 Å². The van der Waals surface area contributed by atoms with Crippen molar-refractivity contribution in [2.75, 3.05) is 46.4 Å². The topological polar surface area (TPSA) is 54.0 Å². The Morgan fingerprint density at radius 2 is 1.80 bits per heavy atom. The average Bonchev–Trinajstić information content (AvgIpc) is 3.46. The summed E-state index contributed by atoms with van der Waals surface area (Å²) in [4.78, 5) is 16.8. The lowest BCUT2D eigenvalue weighted by Crippen LogP contribution is -2.54. The first-order valence-corrected chi connectivity index (χ1v) is 9.19. The van der Waals surface area contributed by atoms with E-state index in [1.165, 1.54) is 0 Å². The van der Waals surface area contributed by atoms with E-state index in [0.29, 0.717) is 12.6 Å². The van der Waals surface area contributed by atoms with Crippen molar-refractivity contribution < 1.29 is 14.3 Å². The maximum atomic E-state index is 12.2. The molecule has 0 spiro atoms. The summed E-state index contributed by atoms with van der Waals surface area (Å²) in [6.07, 6.45) is 2.28. The van der Waals surface area contributed by atoms with E-state index in [4.69, 9.17) is 9.47 Å². The van der Waals surface area contributed by atoms with E-state index in [2.05, 4.69) is 15.1 Å². The summed E-state index contributed by atoms with van der Waals surface area (Å²) in [5, 5.41) is 3.10. The van der Waals surface area contributed by atoms with Crippen LogP contribution < -0.4 is 14.8 Å². The molecule has 1 atom stereocenters. The van der Waals surface area contributed by atoms with Gasteiger partial charge in [0.25, 0.3) is 0 Å². The molecule has 1 amide bonds. The predicted octanol–water partition coefficient (Wildman–Crippen LogP) is 1.36. The van der Waals surface area contributed by atoms with Crippen molar-refractivity contribution in [3.05, 3.63) is 24.3 Å². The molecule has 0 bridgehead atoms. The van der Waals surface area contributed by atoms with Gasteiger partial charge < -0.3 is 14.8 Å². The highest BCUT2D eigenvalue weighted by atomic mass is 16.5. The number of carbonyl (C=O) groups is 1. The summed E-state index contributed by atoms with van der Waals surface area (Å²) in [5.41, 5.74) is 0. The standard InChI is InChI=1S/C19H29N3O3/c1-15(19(23)20-16-3-4-16)22-11-9-21(10-12-22)13-14-25-18-7-5-17(24-2)6-8-18/h5-8,15-16H,3-4,9-14H2,1-2H3,(H,20,23)/t15-/m0/s1. The first-order chi connectivity index (χ1) is 12.2. The summed E-state index contributed by atoms with van der Waals surface area (Å²) in [6.45, 7) is 7.41. The van der Waals surface area contributed by atoms with Crippen molar-refractivity contribution in [3.63, 3.8) is 0 Å². The molecule has 138 valence electrons. The van der Waals surface area contributed by atoms with E-state index in [1.807, 2.05) is 31.2 Å². The Balaban J connectivity index is 1.33. The van der Waals surface area contributed by atoms with Gasteiger partial charge in [-0.15, -0.1) is 0 Å². The molecule has 1 N–H and O–H groups in total. The molecule has 1 aliphatic carbocycles. The molecular weight excluding hydrogens is 318 g/mol. The number of amides is 1. The van der Waals surface area contributed by atoms with Crippen LogP contribution in [-0.4, -0.2) is 74.2 Å². The molecule has 1 saturated heterocycles. The quantitative estimate of drug-likeness (QED) is 0.770. The van der Waals surface area contributed by atoms with Crippen molar-refractivity contribution in [2.24, 2.45) is 0 Å². The lowest BCUT2D eigenvalue weighted by Gasteiger charge is -2.37. The van der Waals surface area contributed by atoms with Crippen LogP contribution in [0.2, 0.25) is 0 Å². The van der Waals surface area contributed by atoms with E-state index in [1.54, 1.807) is 7.11 Å². The maximum absolute atomic E-state index is 12.2. The number of carbonyl (C=O) groups excluding carboxylic acids is 1. The van der Waals surface area contributed by atoms with Crippen LogP contribution in [-0.2, 0) is 4.79 Å². The van der Waals surface area contributed by atoms with Gasteiger partial charge in [0.2, 0.25) is 5.91 Å². The lowest BCUT2D eigenvalue weighted by atomic mass is 10.2. The highest BCUT2D eigenvalue weighted by molar-refractivity contribution is 5.81.